The Labute approximate surface area is 106 Å². The van der Waals surface area contributed by atoms with Gasteiger partial charge >= 0.3 is 0 Å². The summed E-state index contributed by atoms with van der Waals surface area (Å²) < 4.78 is 0. The maximum atomic E-state index is 12.1. The third-order valence-corrected chi connectivity index (χ3v) is 4.17. The number of hydrogen-bond acceptors (Lipinski definition) is 5. The van der Waals surface area contributed by atoms with E-state index in [4.69, 9.17) is 0 Å². The zero-order valence-corrected chi connectivity index (χ0v) is 10.8. The summed E-state index contributed by atoms with van der Waals surface area (Å²) >= 11 is 2.49. The summed E-state index contributed by atoms with van der Waals surface area (Å²) in [5, 5.41) is 0. The number of rotatable bonds is 2. The number of hydrogen-bond donors (Lipinski definition) is 1. The molecular weight excluding hydrogens is 258 g/mol. The van der Waals surface area contributed by atoms with Crippen LogP contribution in [-0.2, 0) is 0 Å². The minimum Gasteiger partial charge on any atom is -0.328 e. The van der Waals surface area contributed by atoms with Crippen LogP contribution in [0.2, 0.25) is 0 Å². The lowest BCUT2D eigenvalue weighted by atomic mass is 9.96. The van der Waals surface area contributed by atoms with Crippen molar-refractivity contribution in [2.24, 2.45) is 0 Å². The van der Waals surface area contributed by atoms with Gasteiger partial charge in [-0.25, -0.2) is 0 Å². The van der Waals surface area contributed by atoms with Crippen molar-refractivity contribution in [1.82, 2.24) is 4.98 Å². The van der Waals surface area contributed by atoms with Gasteiger partial charge in [0.25, 0.3) is 0 Å². The molecule has 0 saturated heterocycles. The van der Waals surface area contributed by atoms with E-state index in [1.54, 1.807) is 12.5 Å². The molecule has 0 bridgehead atoms. The van der Waals surface area contributed by atoms with Crippen LogP contribution >= 0.6 is 23.5 Å². The number of aromatic amines is 1. The van der Waals surface area contributed by atoms with Crippen molar-refractivity contribution >= 4 is 35.1 Å². The summed E-state index contributed by atoms with van der Waals surface area (Å²) in [4.78, 5) is 38.7. The van der Waals surface area contributed by atoms with E-state index in [1.165, 1.54) is 35.8 Å². The van der Waals surface area contributed by atoms with E-state index in [0.717, 1.165) is 0 Å². The van der Waals surface area contributed by atoms with Crippen LogP contribution in [-0.4, -0.2) is 29.1 Å². The van der Waals surface area contributed by atoms with Gasteiger partial charge in [0.05, 0.1) is 15.4 Å². The van der Waals surface area contributed by atoms with Crippen molar-refractivity contribution in [2.45, 2.75) is 0 Å². The third-order valence-electron chi connectivity index (χ3n) is 2.44. The fourth-order valence-electron chi connectivity index (χ4n) is 1.67. The molecule has 1 heterocycles. The predicted molar refractivity (Wildman–Crippen MR) is 69.8 cm³/mol. The Morgan fingerprint density at radius 3 is 2.00 bits per heavy atom. The Bertz CT molecular complexity index is 601. The molecule has 0 unspecified atom stereocenters. The Kier molecular flexibility index (Phi) is 3.26. The molecule has 6 heteroatoms. The van der Waals surface area contributed by atoms with Crippen LogP contribution < -0.4 is 5.56 Å². The molecule has 0 spiro atoms. The van der Waals surface area contributed by atoms with Gasteiger partial charge in [-0.3, -0.25) is 14.4 Å². The van der Waals surface area contributed by atoms with Crippen molar-refractivity contribution < 1.29 is 9.59 Å². The second-order valence-electron chi connectivity index (χ2n) is 3.35. The highest BCUT2D eigenvalue weighted by atomic mass is 32.2. The van der Waals surface area contributed by atoms with Crippen molar-refractivity contribution in [3.8, 4) is 0 Å². The predicted octanol–water partition coefficient (Wildman–Crippen LogP) is 1.69. The Hall–Kier alpha value is -1.27. The SMILES string of the molecule is CSC1=C(SC)C(=O)c2cc(=O)[nH]cc2C1=O. The number of fused-ring (bicyclic) bond motifs is 1. The molecule has 2 rings (SSSR count). The molecule has 88 valence electrons. The summed E-state index contributed by atoms with van der Waals surface area (Å²) in [6.07, 6.45) is 4.81. The molecule has 1 aliphatic rings. The quantitative estimate of drug-likeness (QED) is 0.883. The van der Waals surface area contributed by atoms with E-state index in [0.29, 0.717) is 9.81 Å². The summed E-state index contributed by atoms with van der Waals surface area (Å²) in [6.45, 7) is 0. The number of carbonyl (C=O) groups is 2. The number of H-pyrrole nitrogens is 1. The van der Waals surface area contributed by atoms with Gasteiger partial charge < -0.3 is 4.98 Å². The van der Waals surface area contributed by atoms with Crippen molar-refractivity contribution in [3.63, 3.8) is 0 Å². The van der Waals surface area contributed by atoms with Crippen LogP contribution in [0.5, 0.6) is 0 Å². The van der Waals surface area contributed by atoms with Crippen LogP contribution in [0.4, 0.5) is 0 Å². The van der Waals surface area contributed by atoms with Gasteiger partial charge in [0, 0.05) is 17.8 Å². The maximum absolute atomic E-state index is 12.1. The number of aromatic nitrogens is 1. The fraction of sp³-hybridized carbons (Fsp3) is 0.182. The average Bonchev–Trinajstić information content (AvgIpc) is 2.33. The van der Waals surface area contributed by atoms with E-state index in [9.17, 15) is 14.4 Å². The standard InChI is InChI=1S/C11H9NO3S2/c1-16-10-8(14)5-3-7(13)12-4-6(5)9(15)11(10)17-2/h3-4H,1-2H3,(H,12,13). The molecule has 0 amide bonds. The molecule has 0 radical (unpaired) electrons. The third kappa shape index (κ3) is 1.87. The summed E-state index contributed by atoms with van der Waals surface area (Å²) in [5.74, 6) is -0.449. The van der Waals surface area contributed by atoms with E-state index in [2.05, 4.69) is 4.98 Å². The van der Waals surface area contributed by atoms with E-state index >= 15 is 0 Å². The Morgan fingerprint density at radius 1 is 0.941 bits per heavy atom. The largest absolute Gasteiger partial charge is 0.328 e. The monoisotopic (exact) mass is 267 g/mol. The average molecular weight is 267 g/mol. The summed E-state index contributed by atoms with van der Waals surface area (Å²) in [7, 11) is 0. The minimum atomic E-state index is -0.377. The van der Waals surface area contributed by atoms with E-state index in [-0.39, 0.29) is 28.3 Å². The van der Waals surface area contributed by atoms with Gasteiger partial charge in [-0.15, -0.1) is 23.5 Å². The van der Waals surface area contributed by atoms with Gasteiger partial charge in [0.15, 0.2) is 0 Å². The summed E-state index contributed by atoms with van der Waals surface area (Å²) in [6, 6.07) is 1.18. The lowest BCUT2D eigenvalue weighted by molar-refractivity contribution is 0.0988. The molecule has 0 aromatic carbocycles. The molecule has 1 aliphatic carbocycles. The molecular formula is C11H9NO3S2. The second kappa shape index (κ2) is 4.54. The Morgan fingerprint density at radius 2 is 1.47 bits per heavy atom. The normalized spacial score (nSPS) is 15.2. The summed E-state index contributed by atoms with van der Waals surface area (Å²) in [5.41, 5.74) is 0.0932. The first-order valence-electron chi connectivity index (χ1n) is 4.74. The van der Waals surface area contributed by atoms with Gasteiger partial charge in [0.2, 0.25) is 17.1 Å². The molecule has 1 aromatic rings. The molecule has 17 heavy (non-hydrogen) atoms. The molecule has 1 N–H and O–H groups in total. The first kappa shape index (κ1) is 12.2. The van der Waals surface area contributed by atoms with Crippen molar-refractivity contribution in [3.05, 3.63) is 43.6 Å². The smallest absolute Gasteiger partial charge is 0.248 e. The van der Waals surface area contributed by atoms with E-state index in [1.807, 2.05) is 0 Å². The molecule has 4 nitrogen and oxygen atoms in total. The molecule has 0 aliphatic heterocycles. The lowest BCUT2D eigenvalue weighted by Crippen LogP contribution is -2.22. The first-order chi connectivity index (χ1) is 8.10. The maximum Gasteiger partial charge on any atom is 0.248 e. The van der Waals surface area contributed by atoms with Crippen LogP contribution in [0.25, 0.3) is 0 Å². The highest BCUT2D eigenvalue weighted by Gasteiger charge is 2.31. The first-order valence-corrected chi connectivity index (χ1v) is 7.19. The molecule has 1 aromatic heterocycles. The van der Waals surface area contributed by atoms with Gasteiger partial charge in [-0.05, 0) is 12.5 Å². The highest BCUT2D eigenvalue weighted by Crippen LogP contribution is 2.35. The van der Waals surface area contributed by atoms with Crippen molar-refractivity contribution in [1.29, 1.82) is 0 Å². The number of allylic oxidation sites excluding steroid dienone is 2. The lowest BCUT2D eigenvalue weighted by Gasteiger charge is -2.17. The highest BCUT2D eigenvalue weighted by molar-refractivity contribution is 8.07. The number of pyridine rings is 1. The number of carbonyl (C=O) groups excluding carboxylic acids is 2. The van der Waals surface area contributed by atoms with Gasteiger partial charge in [0.1, 0.15) is 0 Å². The molecule has 0 saturated carbocycles. The van der Waals surface area contributed by atoms with Gasteiger partial charge in [-0.1, -0.05) is 0 Å². The number of nitrogens with one attached hydrogen (secondary N) is 1. The zero-order valence-electron chi connectivity index (χ0n) is 9.20. The minimum absolute atomic E-state index is 0.195. The van der Waals surface area contributed by atoms with Gasteiger partial charge in [-0.2, -0.15) is 0 Å². The molecule has 0 fully saturated rings. The number of thioether (sulfide) groups is 2. The Balaban J connectivity index is 2.72. The van der Waals surface area contributed by atoms with Crippen LogP contribution in [0.1, 0.15) is 20.7 Å². The second-order valence-corrected chi connectivity index (χ2v) is 4.98. The van der Waals surface area contributed by atoms with E-state index < -0.39 is 0 Å². The van der Waals surface area contributed by atoms with Crippen LogP contribution in [0, 0.1) is 0 Å². The van der Waals surface area contributed by atoms with Crippen molar-refractivity contribution in [2.75, 3.05) is 12.5 Å². The number of ketones is 2. The van der Waals surface area contributed by atoms with Crippen LogP contribution in [0.15, 0.2) is 26.9 Å². The molecule has 0 atom stereocenters. The fourth-order valence-corrected chi connectivity index (χ4v) is 3.32. The topological polar surface area (TPSA) is 67.0 Å². The number of Topliss-reactive ketones (excluding diaryl/α,β-unsaturated/α-hetero) is 2. The zero-order chi connectivity index (χ0) is 12.6. The van der Waals surface area contributed by atoms with Crippen LogP contribution in [0.3, 0.4) is 0 Å².